The first-order valence-electron chi connectivity index (χ1n) is 9.09. The number of hydrogen-bond donors (Lipinski definition) is 2. The number of hydrogen-bond acceptors (Lipinski definition) is 3. The number of carbonyl (C=O) groups is 2. The number of nitrogens with zero attached hydrogens (tertiary/aromatic N) is 3. The van der Waals surface area contributed by atoms with Crippen LogP contribution < -0.4 is 5.32 Å². The van der Waals surface area contributed by atoms with Crippen LogP contribution in [-0.2, 0) is 30.5 Å². The molecule has 0 fully saturated rings. The summed E-state index contributed by atoms with van der Waals surface area (Å²) in [5.41, 5.74) is -0.226. The zero-order valence-electron chi connectivity index (χ0n) is 16.0. The summed E-state index contributed by atoms with van der Waals surface area (Å²) in [5.74, 6) is -5.60. The number of rotatable bonds is 5. The van der Waals surface area contributed by atoms with Crippen LogP contribution in [0, 0.1) is 17.5 Å². The van der Waals surface area contributed by atoms with E-state index in [1.165, 1.54) is 4.90 Å². The summed E-state index contributed by atoms with van der Waals surface area (Å²) in [4.78, 5) is 28.5. The molecular formula is C18H15BrF6N4O3. The molecule has 1 aliphatic rings. The lowest BCUT2D eigenvalue weighted by Gasteiger charge is -2.30. The molecule has 14 heteroatoms. The maximum atomic E-state index is 13.9. The van der Waals surface area contributed by atoms with Crippen LogP contribution in [0.2, 0.25) is 0 Å². The zero-order valence-corrected chi connectivity index (χ0v) is 17.6. The molecule has 32 heavy (non-hydrogen) atoms. The number of alkyl halides is 3. The molecule has 174 valence electrons. The van der Waals surface area contributed by atoms with E-state index in [4.69, 9.17) is 5.11 Å². The number of benzene rings is 1. The number of fused-ring (bicyclic) bond motifs is 1. The topological polar surface area (TPSA) is 87.5 Å². The van der Waals surface area contributed by atoms with Crippen molar-refractivity contribution in [1.82, 2.24) is 19.8 Å². The largest absolute Gasteiger partial charge is 0.465 e. The second-order valence-corrected chi connectivity index (χ2v) is 7.80. The Morgan fingerprint density at radius 3 is 2.44 bits per heavy atom. The van der Waals surface area contributed by atoms with Crippen molar-refractivity contribution in [2.75, 3.05) is 6.54 Å². The summed E-state index contributed by atoms with van der Waals surface area (Å²) in [6, 6.07) is -0.312. The molecule has 0 aliphatic carbocycles. The van der Waals surface area contributed by atoms with E-state index in [2.05, 4.69) is 20.9 Å². The van der Waals surface area contributed by atoms with Crippen molar-refractivity contribution in [3.63, 3.8) is 0 Å². The smallest absolute Gasteiger partial charge is 0.449 e. The fourth-order valence-corrected chi connectivity index (χ4v) is 3.94. The highest BCUT2D eigenvalue weighted by atomic mass is 79.9. The van der Waals surface area contributed by atoms with Gasteiger partial charge in [-0.3, -0.25) is 4.79 Å². The fourth-order valence-electron chi connectivity index (χ4n) is 3.43. The van der Waals surface area contributed by atoms with Crippen LogP contribution in [0.5, 0.6) is 0 Å². The van der Waals surface area contributed by atoms with Gasteiger partial charge >= 0.3 is 12.3 Å². The minimum atomic E-state index is -4.68. The molecule has 2 aromatic rings. The van der Waals surface area contributed by atoms with E-state index in [9.17, 15) is 35.9 Å². The average molecular weight is 529 g/mol. The van der Waals surface area contributed by atoms with Gasteiger partial charge in [0.05, 0.1) is 12.2 Å². The molecule has 0 radical (unpaired) electrons. The average Bonchev–Trinajstić information content (AvgIpc) is 3.02. The fraction of sp³-hybridized carbons (Fsp3) is 0.389. The Kier molecular flexibility index (Phi) is 6.72. The molecule has 1 aliphatic heterocycles. The third-order valence-electron chi connectivity index (χ3n) is 4.87. The van der Waals surface area contributed by atoms with Gasteiger partial charge in [0, 0.05) is 31.6 Å². The van der Waals surface area contributed by atoms with Crippen molar-refractivity contribution in [3.8, 4) is 0 Å². The van der Waals surface area contributed by atoms with Gasteiger partial charge in [-0.05, 0) is 34.0 Å². The summed E-state index contributed by atoms with van der Waals surface area (Å²) in [7, 11) is 0. The van der Waals surface area contributed by atoms with Gasteiger partial charge in [0.25, 0.3) is 0 Å². The van der Waals surface area contributed by atoms with Crippen LogP contribution in [0.15, 0.2) is 16.7 Å². The number of nitrogens with one attached hydrogen (secondary N) is 1. The van der Waals surface area contributed by atoms with Crippen LogP contribution >= 0.6 is 15.9 Å². The first-order chi connectivity index (χ1) is 14.9. The molecule has 7 nitrogen and oxygen atoms in total. The van der Waals surface area contributed by atoms with Crippen molar-refractivity contribution in [2.45, 2.75) is 38.1 Å². The standard InChI is InChI=1S/C18H15BrF6N4O3/c19-15-13-7-28(1-2-29(13)16(27-15)18(23,24)25)14(30)5-9(26-17(31)32)3-8-4-11(21)12(22)6-10(8)20/h4,6,9,26H,1-3,5,7H2,(H,31,32). The molecule has 2 amide bonds. The van der Waals surface area contributed by atoms with Gasteiger partial charge in [0.2, 0.25) is 11.7 Å². The minimum Gasteiger partial charge on any atom is -0.465 e. The van der Waals surface area contributed by atoms with Gasteiger partial charge in [-0.15, -0.1) is 0 Å². The van der Waals surface area contributed by atoms with Gasteiger partial charge in [0.1, 0.15) is 10.4 Å². The van der Waals surface area contributed by atoms with E-state index < -0.39 is 60.3 Å². The van der Waals surface area contributed by atoms with Crippen molar-refractivity contribution in [1.29, 1.82) is 0 Å². The molecule has 1 unspecified atom stereocenters. The van der Waals surface area contributed by atoms with E-state index in [1.54, 1.807) is 0 Å². The monoisotopic (exact) mass is 528 g/mol. The Labute approximate surface area is 185 Å². The highest BCUT2D eigenvalue weighted by molar-refractivity contribution is 9.10. The molecule has 2 N–H and O–H groups in total. The Morgan fingerprint density at radius 1 is 1.16 bits per heavy atom. The quantitative estimate of drug-likeness (QED) is 0.457. The normalized spacial score (nSPS) is 14.8. The summed E-state index contributed by atoms with van der Waals surface area (Å²) in [5, 5.41) is 11.0. The highest BCUT2D eigenvalue weighted by Crippen LogP contribution is 2.34. The third-order valence-corrected chi connectivity index (χ3v) is 5.50. The Morgan fingerprint density at radius 2 is 1.81 bits per heavy atom. The molecule has 0 saturated carbocycles. The van der Waals surface area contributed by atoms with Crippen LogP contribution in [0.25, 0.3) is 0 Å². The van der Waals surface area contributed by atoms with Crippen molar-refractivity contribution in [2.24, 2.45) is 0 Å². The van der Waals surface area contributed by atoms with Gasteiger partial charge in [0.15, 0.2) is 11.6 Å². The lowest BCUT2D eigenvalue weighted by atomic mass is 10.0. The molecule has 0 bridgehead atoms. The minimum absolute atomic E-state index is 0.0774. The van der Waals surface area contributed by atoms with Gasteiger partial charge in [-0.25, -0.2) is 22.9 Å². The number of imidazole rings is 1. The first kappa shape index (κ1) is 23.9. The lowest BCUT2D eigenvalue weighted by Crippen LogP contribution is -2.44. The van der Waals surface area contributed by atoms with Crippen molar-refractivity contribution < 1.29 is 41.0 Å². The second kappa shape index (κ2) is 9.00. The molecule has 1 aromatic heterocycles. The Balaban J connectivity index is 1.76. The van der Waals surface area contributed by atoms with Crippen molar-refractivity contribution >= 4 is 27.9 Å². The number of carbonyl (C=O) groups excluding carboxylic acids is 1. The number of halogens is 7. The summed E-state index contributed by atoms with van der Waals surface area (Å²) >= 11 is 2.95. The van der Waals surface area contributed by atoms with Gasteiger partial charge < -0.3 is 19.9 Å². The van der Waals surface area contributed by atoms with Crippen LogP contribution in [0.1, 0.15) is 23.5 Å². The zero-order chi connectivity index (χ0) is 23.8. The van der Waals surface area contributed by atoms with Gasteiger partial charge in [-0.2, -0.15) is 13.2 Å². The highest BCUT2D eigenvalue weighted by Gasteiger charge is 2.40. The van der Waals surface area contributed by atoms with E-state index in [1.807, 2.05) is 5.32 Å². The maximum Gasteiger partial charge on any atom is 0.449 e. The van der Waals surface area contributed by atoms with E-state index in [0.717, 1.165) is 4.57 Å². The molecule has 0 spiro atoms. The molecule has 1 aromatic carbocycles. The molecule has 0 saturated heterocycles. The SMILES string of the molecule is O=C(O)NC(CC(=O)N1CCn2c(C(F)(F)F)nc(Br)c2C1)Cc1cc(F)c(F)cc1F. The van der Waals surface area contributed by atoms with E-state index in [0.29, 0.717) is 12.1 Å². The number of carboxylic acid groups (broad SMARTS) is 1. The predicted molar refractivity (Wildman–Crippen MR) is 99.9 cm³/mol. The Bertz CT molecular complexity index is 1060. The molecule has 1 atom stereocenters. The van der Waals surface area contributed by atoms with Gasteiger partial charge in [-0.1, -0.05) is 0 Å². The predicted octanol–water partition coefficient (Wildman–Crippen LogP) is 3.69. The summed E-state index contributed by atoms with van der Waals surface area (Å²) in [6.45, 7) is -0.512. The number of aromatic nitrogens is 2. The van der Waals surface area contributed by atoms with Crippen LogP contribution in [0.4, 0.5) is 31.1 Å². The van der Waals surface area contributed by atoms with Crippen LogP contribution in [0.3, 0.4) is 0 Å². The molecule has 3 rings (SSSR count). The maximum absolute atomic E-state index is 13.9. The van der Waals surface area contributed by atoms with E-state index >= 15 is 0 Å². The Hall–Kier alpha value is -2.77. The van der Waals surface area contributed by atoms with E-state index in [-0.39, 0.29) is 35.5 Å². The van der Waals surface area contributed by atoms with Crippen molar-refractivity contribution in [3.05, 3.63) is 51.3 Å². The second-order valence-electron chi connectivity index (χ2n) is 7.05. The third kappa shape index (κ3) is 5.16. The molecular weight excluding hydrogens is 514 g/mol. The summed E-state index contributed by atoms with van der Waals surface area (Å²) < 4.78 is 80.7. The van der Waals surface area contributed by atoms with Crippen LogP contribution in [-0.4, -0.2) is 44.1 Å². The molecule has 2 heterocycles. The first-order valence-corrected chi connectivity index (χ1v) is 9.88. The number of amides is 2. The lowest BCUT2D eigenvalue weighted by molar-refractivity contribution is -0.148. The summed E-state index contributed by atoms with van der Waals surface area (Å²) in [6.07, 6.45) is -7.14.